The van der Waals surface area contributed by atoms with Crippen LogP contribution in [-0.2, 0) is 4.79 Å². The normalized spacial score (nSPS) is 22.0. The summed E-state index contributed by atoms with van der Waals surface area (Å²) in [6.45, 7) is 1.63. The number of hydrogen-bond donors (Lipinski definition) is 1. The van der Waals surface area contributed by atoms with Crippen molar-refractivity contribution in [1.82, 2.24) is 15.1 Å². The average molecular weight is 361 g/mol. The van der Waals surface area contributed by atoms with E-state index in [1.54, 1.807) is 9.80 Å². The first-order valence-corrected chi connectivity index (χ1v) is 8.37. The van der Waals surface area contributed by atoms with E-state index < -0.39 is 11.5 Å². The number of rotatable bonds is 3. The number of alkyl halides is 2. The fourth-order valence-corrected chi connectivity index (χ4v) is 3.51. The van der Waals surface area contributed by atoms with E-state index in [0.717, 1.165) is 0 Å². The maximum atomic E-state index is 13.2. The Morgan fingerprint density at radius 1 is 1.29 bits per heavy atom. The Morgan fingerprint density at radius 2 is 2.00 bits per heavy atom. The summed E-state index contributed by atoms with van der Waals surface area (Å²) in [4.78, 5) is 27.3. The summed E-state index contributed by atoms with van der Waals surface area (Å²) < 4.78 is 26.4. The first-order valence-electron chi connectivity index (χ1n) is 7.99. The lowest BCUT2D eigenvalue weighted by molar-refractivity contribution is -0.132. The number of aromatic nitrogens is 2. The smallest absolute Gasteiger partial charge is 0.285 e. The second-order valence-corrected chi connectivity index (χ2v) is 6.84. The topological polar surface area (TPSA) is 69.3 Å². The van der Waals surface area contributed by atoms with E-state index in [4.69, 9.17) is 11.6 Å². The molecule has 0 radical (unpaired) electrons. The van der Waals surface area contributed by atoms with Crippen molar-refractivity contribution in [3.8, 4) is 0 Å². The molecular weight excluding hydrogens is 342 g/mol. The van der Waals surface area contributed by atoms with E-state index in [1.807, 2.05) is 0 Å². The molecule has 132 valence electrons. The molecule has 1 saturated carbocycles. The van der Waals surface area contributed by atoms with Crippen LogP contribution in [0.5, 0.6) is 0 Å². The van der Waals surface area contributed by atoms with Gasteiger partial charge in [-0.05, 0) is 18.8 Å². The molecular formula is C15H19ClF2N4O2. The van der Waals surface area contributed by atoms with Crippen LogP contribution in [0.25, 0.3) is 0 Å². The number of piperazine rings is 1. The van der Waals surface area contributed by atoms with Crippen LogP contribution in [0.15, 0.2) is 11.0 Å². The molecule has 1 saturated heterocycles. The number of nitrogens with one attached hydrogen (secondary N) is 1. The maximum absolute atomic E-state index is 13.2. The van der Waals surface area contributed by atoms with Crippen molar-refractivity contribution < 1.29 is 13.6 Å². The molecule has 1 aliphatic carbocycles. The third-order valence-corrected chi connectivity index (χ3v) is 5.12. The third kappa shape index (κ3) is 3.68. The summed E-state index contributed by atoms with van der Waals surface area (Å²) in [7, 11) is 0. The lowest BCUT2D eigenvalue weighted by Gasteiger charge is -2.38. The second-order valence-electron chi connectivity index (χ2n) is 6.46. The molecule has 2 fully saturated rings. The molecule has 1 aromatic heterocycles. The van der Waals surface area contributed by atoms with Crippen molar-refractivity contribution in [1.29, 1.82) is 0 Å². The van der Waals surface area contributed by atoms with Gasteiger partial charge in [-0.2, -0.15) is 5.10 Å². The van der Waals surface area contributed by atoms with Gasteiger partial charge < -0.3 is 9.80 Å². The van der Waals surface area contributed by atoms with Crippen LogP contribution >= 0.6 is 11.6 Å². The number of nitrogens with zero attached hydrogens (tertiary/aromatic N) is 3. The quantitative estimate of drug-likeness (QED) is 0.893. The van der Waals surface area contributed by atoms with E-state index in [1.165, 1.54) is 6.20 Å². The van der Waals surface area contributed by atoms with Gasteiger partial charge in [0.25, 0.3) is 5.56 Å². The Labute approximate surface area is 142 Å². The molecule has 0 aromatic carbocycles. The number of carbonyl (C=O) groups excluding carboxylic acids is 1. The largest absolute Gasteiger partial charge is 0.358 e. The van der Waals surface area contributed by atoms with Gasteiger partial charge in [0, 0.05) is 32.5 Å². The molecule has 1 N–H and O–H groups in total. The maximum Gasteiger partial charge on any atom is 0.285 e. The molecule has 3 rings (SSSR count). The van der Waals surface area contributed by atoms with E-state index in [9.17, 15) is 18.4 Å². The van der Waals surface area contributed by atoms with Crippen LogP contribution < -0.4 is 10.5 Å². The highest BCUT2D eigenvalue weighted by Gasteiger charge is 2.36. The van der Waals surface area contributed by atoms with E-state index in [2.05, 4.69) is 10.2 Å². The molecule has 0 unspecified atom stereocenters. The van der Waals surface area contributed by atoms with Gasteiger partial charge >= 0.3 is 0 Å². The summed E-state index contributed by atoms with van der Waals surface area (Å²) >= 11 is 5.97. The zero-order valence-electron chi connectivity index (χ0n) is 13.1. The van der Waals surface area contributed by atoms with Gasteiger partial charge in [0.1, 0.15) is 5.02 Å². The first-order chi connectivity index (χ1) is 11.4. The summed E-state index contributed by atoms with van der Waals surface area (Å²) in [5, 5.41) is 5.97. The Morgan fingerprint density at radius 3 is 2.67 bits per heavy atom. The van der Waals surface area contributed by atoms with Crippen LogP contribution in [-0.4, -0.2) is 53.1 Å². The van der Waals surface area contributed by atoms with Crippen molar-refractivity contribution in [2.75, 3.05) is 31.1 Å². The Balaban J connectivity index is 1.59. The van der Waals surface area contributed by atoms with Gasteiger partial charge in [0.05, 0.1) is 18.4 Å². The van der Waals surface area contributed by atoms with Gasteiger partial charge in [0.15, 0.2) is 0 Å². The summed E-state index contributed by atoms with van der Waals surface area (Å²) in [5.74, 6) is -2.51. The lowest BCUT2D eigenvalue weighted by atomic mass is 9.86. The molecule has 0 spiro atoms. The number of carbonyl (C=O) groups is 1. The highest BCUT2D eigenvalue weighted by molar-refractivity contribution is 6.33. The molecule has 1 aliphatic heterocycles. The summed E-state index contributed by atoms with van der Waals surface area (Å²) in [5.41, 5.74) is -0.0575. The number of hydrogen-bond acceptors (Lipinski definition) is 4. The predicted molar refractivity (Wildman–Crippen MR) is 85.6 cm³/mol. The van der Waals surface area contributed by atoms with Crippen LogP contribution in [0.4, 0.5) is 14.5 Å². The van der Waals surface area contributed by atoms with Crippen molar-refractivity contribution in [2.24, 2.45) is 5.92 Å². The first kappa shape index (κ1) is 17.1. The van der Waals surface area contributed by atoms with Gasteiger partial charge in [-0.1, -0.05) is 11.6 Å². The number of aromatic amines is 1. The summed E-state index contributed by atoms with van der Waals surface area (Å²) in [6.07, 6.45) is 2.13. The summed E-state index contributed by atoms with van der Waals surface area (Å²) in [6, 6.07) is 0. The van der Waals surface area contributed by atoms with E-state index in [0.29, 0.717) is 38.2 Å². The van der Waals surface area contributed by atoms with Crippen molar-refractivity contribution in [3.05, 3.63) is 21.6 Å². The van der Waals surface area contributed by atoms with Crippen molar-refractivity contribution in [3.63, 3.8) is 0 Å². The third-order valence-electron chi connectivity index (χ3n) is 4.75. The van der Waals surface area contributed by atoms with Crippen molar-refractivity contribution >= 4 is 23.2 Å². The molecule has 24 heavy (non-hydrogen) atoms. The number of amides is 1. The van der Waals surface area contributed by atoms with Crippen LogP contribution in [0, 0.1) is 5.92 Å². The number of anilines is 1. The molecule has 0 bridgehead atoms. The molecule has 1 amide bonds. The molecule has 1 aromatic rings. The lowest BCUT2D eigenvalue weighted by Crippen LogP contribution is -2.52. The zero-order valence-corrected chi connectivity index (χ0v) is 13.9. The van der Waals surface area contributed by atoms with Crippen LogP contribution in [0.3, 0.4) is 0 Å². The van der Waals surface area contributed by atoms with Gasteiger partial charge in [-0.25, -0.2) is 13.9 Å². The monoisotopic (exact) mass is 360 g/mol. The van der Waals surface area contributed by atoms with Gasteiger partial charge in [-0.3, -0.25) is 9.59 Å². The average Bonchev–Trinajstić information content (AvgIpc) is 2.54. The molecule has 6 nitrogen and oxygen atoms in total. The molecule has 9 heteroatoms. The van der Waals surface area contributed by atoms with Gasteiger partial charge in [-0.15, -0.1) is 0 Å². The highest BCUT2D eigenvalue weighted by atomic mass is 35.5. The molecule has 2 heterocycles. The Hall–Kier alpha value is -1.70. The molecule has 0 atom stereocenters. The number of H-pyrrole nitrogens is 1. The minimum atomic E-state index is -2.55. The fourth-order valence-electron chi connectivity index (χ4n) is 3.30. The van der Waals surface area contributed by atoms with E-state index in [-0.39, 0.29) is 36.2 Å². The van der Waals surface area contributed by atoms with E-state index >= 15 is 0 Å². The highest BCUT2D eigenvalue weighted by Crippen LogP contribution is 2.36. The van der Waals surface area contributed by atoms with Crippen LogP contribution in [0.1, 0.15) is 25.7 Å². The van der Waals surface area contributed by atoms with Gasteiger partial charge in [0.2, 0.25) is 11.8 Å². The SMILES string of the molecule is O=C1CN(c2cn[nH]c(=O)c2Cl)CCN1CC1CCC(F)(F)CC1. The standard InChI is InChI=1S/C15H19ClF2N4O2/c16-13-11(7-19-20-14(13)24)21-5-6-22(12(23)9-21)8-10-1-3-15(17,18)4-2-10/h7,10H,1-6,8-9H2,(H,20,24). The number of halogens is 3. The van der Waals surface area contributed by atoms with Crippen LogP contribution in [0.2, 0.25) is 5.02 Å². The minimum Gasteiger partial charge on any atom is -0.358 e. The minimum absolute atomic E-state index is 0.0146. The fraction of sp³-hybridized carbons (Fsp3) is 0.667. The second kappa shape index (κ2) is 6.66. The Kier molecular flexibility index (Phi) is 4.76. The zero-order chi connectivity index (χ0) is 17.3. The molecule has 2 aliphatic rings. The van der Waals surface area contributed by atoms with Crippen molar-refractivity contribution in [2.45, 2.75) is 31.6 Å². The predicted octanol–water partition coefficient (Wildman–Crippen LogP) is 1.90. The Bertz CT molecular complexity index is 672.